The molecule has 4 atom stereocenters. The topological polar surface area (TPSA) is 234 Å². The number of hydrogen-bond acceptors (Lipinski definition) is 16. The third-order valence-electron chi connectivity index (χ3n) is 12.7. The number of hydrogen-bond donors (Lipinski definition) is 4. The lowest BCUT2D eigenvalue weighted by molar-refractivity contribution is -0.181. The summed E-state index contributed by atoms with van der Waals surface area (Å²) in [5.41, 5.74) is -0.234. The van der Waals surface area contributed by atoms with Gasteiger partial charge in [-0.05, 0) is 83.0 Å². The summed E-state index contributed by atoms with van der Waals surface area (Å²) < 4.78 is 50.7. The summed E-state index contributed by atoms with van der Waals surface area (Å²) in [4.78, 5) is 33.5. The predicted octanol–water partition coefficient (Wildman–Crippen LogP) is 7.37. The molecular weight excluding hydrogens is 830 g/mol. The van der Waals surface area contributed by atoms with Crippen LogP contribution in [-0.4, -0.2) is 86.1 Å². The van der Waals surface area contributed by atoms with Gasteiger partial charge in [-0.15, -0.1) is 0 Å². The summed E-state index contributed by atoms with van der Waals surface area (Å²) >= 11 is 0. The molecule has 0 amide bonds. The lowest BCUT2D eigenvalue weighted by atomic mass is 9.51. The van der Waals surface area contributed by atoms with E-state index in [0.717, 1.165) is 6.92 Å². The smallest absolute Gasteiger partial charge is 0.248 e. The highest BCUT2D eigenvalue weighted by atomic mass is 19.3. The molecule has 16 nitrogen and oxygen atoms in total. The Balaban J connectivity index is 0.000000276. The Morgan fingerprint density at radius 3 is 1.48 bits per heavy atom. The molecule has 4 heterocycles. The van der Waals surface area contributed by atoms with E-state index < -0.39 is 29.2 Å². The van der Waals surface area contributed by atoms with E-state index in [9.17, 15) is 33.9 Å². The van der Waals surface area contributed by atoms with Crippen molar-refractivity contribution in [3.05, 3.63) is 71.1 Å². The first-order chi connectivity index (χ1) is 29.4. The first-order valence-electron chi connectivity index (χ1n) is 20.7. The second kappa shape index (κ2) is 19.9. The molecule has 0 saturated heterocycles. The number of rotatable bonds is 17. The monoisotopic (exact) mass is 890 g/mol. The van der Waals surface area contributed by atoms with Gasteiger partial charge in [0.2, 0.25) is 29.6 Å². The highest BCUT2D eigenvalue weighted by Gasteiger charge is 2.56. The van der Waals surface area contributed by atoms with Crippen LogP contribution in [0.2, 0.25) is 0 Å². The minimum atomic E-state index is -2.82. The molecule has 0 bridgehead atoms. The largest absolute Gasteiger partial charge is 0.477 e. The molecule has 19 heteroatoms. The molecule has 0 aliphatic heterocycles. The highest BCUT2D eigenvalue weighted by molar-refractivity contribution is 5.40. The standard InChI is InChI=1S/C22H28F2N6O2.C22H29FN6O2.CH4/c1-20(2)16(8-21(20,3)31)7-17-14(9-25)11-27-19(30-17)28-12-15-10-26-13-29-18(15)32-6-5-22(4,23)24;1-20(2,23)12-31-18-15(9-25-13-28-18)11-27-19-26-10-14(8-24)17(29-19)6-16-7-22(5,30)21(16,3)4;/h10-11,13,16,31H,5-8,12H2,1-4H3,(H,27,28,30);9-10,13,16,30H,6-7,11-12H2,1-5H3,(H,26,27,29);1H4/t16-,21+;16-,22+;/m11./s1. The minimum absolute atomic E-state index is 0. The molecule has 4 N–H and O–H groups in total. The zero-order valence-corrected chi connectivity index (χ0v) is 37.3. The van der Waals surface area contributed by atoms with Crippen LogP contribution >= 0.6 is 0 Å². The van der Waals surface area contributed by atoms with Crippen molar-refractivity contribution in [3.8, 4) is 23.9 Å². The van der Waals surface area contributed by atoms with Crippen molar-refractivity contribution in [1.29, 1.82) is 10.5 Å². The van der Waals surface area contributed by atoms with Gasteiger partial charge in [0.25, 0.3) is 0 Å². The summed E-state index contributed by atoms with van der Waals surface area (Å²) in [6, 6.07) is 4.27. The van der Waals surface area contributed by atoms with Crippen LogP contribution in [0.15, 0.2) is 37.4 Å². The Bertz CT molecular complexity index is 2300. The van der Waals surface area contributed by atoms with E-state index >= 15 is 0 Å². The third kappa shape index (κ3) is 12.5. The first kappa shape index (κ1) is 50.9. The van der Waals surface area contributed by atoms with E-state index in [1.165, 1.54) is 45.1 Å². The molecule has 4 aromatic rings. The Hall–Kier alpha value is -5.79. The molecule has 2 saturated carbocycles. The zero-order valence-electron chi connectivity index (χ0n) is 37.3. The fourth-order valence-corrected chi connectivity index (χ4v) is 7.35. The van der Waals surface area contributed by atoms with Crippen LogP contribution in [0.25, 0.3) is 0 Å². The Labute approximate surface area is 373 Å². The van der Waals surface area contributed by atoms with Crippen molar-refractivity contribution >= 4 is 11.9 Å². The van der Waals surface area contributed by atoms with E-state index in [0.29, 0.717) is 77.1 Å². The van der Waals surface area contributed by atoms with E-state index in [4.69, 9.17) is 9.47 Å². The summed E-state index contributed by atoms with van der Waals surface area (Å²) in [5, 5.41) is 45.9. The number of nitriles is 2. The van der Waals surface area contributed by atoms with E-state index in [1.54, 1.807) is 6.20 Å². The Morgan fingerprint density at radius 1 is 0.703 bits per heavy atom. The predicted molar refractivity (Wildman–Crippen MR) is 233 cm³/mol. The van der Waals surface area contributed by atoms with E-state index in [2.05, 4.69) is 62.6 Å². The van der Waals surface area contributed by atoms with E-state index in [-0.39, 0.29) is 62.3 Å². The summed E-state index contributed by atoms with van der Waals surface area (Å²) in [6.45, 7) is 15.6. The van der Waals surface area contributed by atoms with Crippen molar-refractivity contribution in [2.24, 2.45) is 22.7 Å². The maximum absolute atomic E-state index is 13.8. The maximum atomic E-state index is 13.8. The summed E-state index contributed by atoms with van der Waals surface area (Å²) in [5.74, 6) is -1.24. The number of aromatic nitrogens is 8. The number of nitrogens with zero attached hydrogens (tertiary/aromatic N) is 10. The van der Waals surface area contributed by atoms with Gasteiger partial charge in [-0.3, -0.25) is 0 Å². The summed E-state index contributed by atoms with van der Waals surface area (Å²) in [6.07, 6.45) is 10.7. The van der Waals surface area contributed by atoms with Crippen LogP contribution in [0.5, 0.6) is 11.8 Å². The van der Waals surface area contributed by atoms with Gasteiger partial charge in [0.05, 0.1) is 63.8 Å². The maximum Gasteiger partial charge on any atom is 0.248 e. The van der Waals surface area contributed by atoms with Gasteiger partial charge in [0, 0.05) is 31.9 Å². The lowest BCUT2D eigenvalue weighted by Crippen LogP contribution is -2.59. The Kier molecular flexibility index (Phi) is 15.8. The van der Waals surface area contributed by atoms with Crippen molar-refractivity contribution in [1.82, 2.24) is 39.9 Å². The van der Waals surface area contributed by atoms with Crippen LogP contribution in [0, 0.1) is 45.3 Å². The fourth-order valence-electron chi connectivity index (χ4n) is 7.35. The molecule has 0 aromatic carbocycles. The van der Waals surface area contributed by atoms with Crippen molar-refractivity contribution in [2.45, 2.75) is 138 Å². The molecule has 0 spiro atoms. The third-order valence-corrected chi connectivity index (χ3v) is 12.7. The quantitative estimate of drug-likeness (QED) is 0.0810. The molecule has 64 heavy (non-hydrogen) atoms. The molecule has 0 radical (unpaired) electrons. The number of anilines is 2. The molecular formula is C45H61F3N12O4. The van der Waals surface area contributed by atoms with Crippen LogP contribution in [0.1, 0.15) is 123 Å². The van der Waals surface area contributed by atoms with Gasteiger partial charge < -0.3 is 30.3 Å². The summed E-state index contributed by atoms with van der Waals surface area (Å²) in [7, 11) is 0. The van der Waals surface area contributed by atoms with Crippen LogP contribution in [0.3, 0.4) is 0 Å². The first-order valence-corrected chi connectivity index (χ1v) is 20.7. The van der Waals surface area contributed by atoms with Crippen molar-refractivity contribution in [2.75, 3.05) is 23.8 Å². The molecule has 346 valence electrons. The average Bonchev–Trinajstić information content (AvgIpc) is 3.21. The lowest BCUT2D eigenvalue weighted by Gasteiger charge is -2.57. The number of aliphatic hydroxyl groups is 2. The zero-order chi connectivity index (χ0) is 46.4. The number of ether oxygens (including phenoxy) is 2. The van der Waals surface area contributed by atoms with Gasteiger partial charge in [0.15, 0.2) is 0 Å². The Morgan fingerprint density at radius 2 is 1.12 bits per heavy atom. The molecule has 2 fully saturated rings. The SMILES string of the molecule is C.CC(C)(F)COc1ncncc1CNc1ncc(C#N)c(C[C@@H]2C[C@](C)(O)C2(C)C)n1.CC(F)(F)CCOc1ncncc1CNc1ncc(C#N)c(C[C@@H]2C[C@](C)(O)C2(C)C)n1. The highest BCUT2D eigenvalue weighted by Crippen LogP contribution is 2.56. The molecule has 2 aliphatic rings. The molecule has 2 aliphatic carbocycles. The van der Waals surface area contributed by atoms with Crippen LogP contribution in [0.4, 0.5) is 25.1 Å². The van der Waals surface area contributed by atoms with Gasteiger partial charge in [-0.1, -0.05) is 35.1 Å². The van der Waals surface area contributed by atoms with Crippen LogP contribution < -0.4 is 20.1 Å². The van der Waals surface area contributed by atoms with Crippen LogP contribution in [-0.2, 0) is 25.9 Å². The van der Waals surface area contributed by atoms with Gasteiger partial charge in [0.1, 0.15) is 37.1 Å². The normalized spacial score (nSPS) is 21.8. The second-order valence-corrected chi connectivity index (χ2v) is 18.6. The number of alkyl halides is 3. The van der Waals surface area contributed by atoms with Crippen molar-refractivity contribution in [3.63, 3.8) is 0 Å². The average molecular weight is 891 g/mol. The molecule has 6 rings (SSSR count). The number of nitrogens with one attached hydrogen (secondary N) is 2. The minimum Gasteiger partial charge on any atom is -0.477 e. The molecule has 0 unspecified atom stereocenters. The fraction of sp³-hybridized carbons (Fsp3) is 0.600. The van der Waals surface area contributed by atoms with Crippen molar-refractivity contribution < 1.29 is 32.9 Å². The molecule has 4 aromatic heterocycles. The second-order valence-electron chi connectivity index (χ2n) is 18.6. The van der Waals surface area contributed by atoms with Gasteiger partial charge in [-0.25, -0.2) is 53.0 Å². The van der Waals surface area contributed by atoms with E-state index in [1.807, 2.05) is 41.5 Å². The van der Waals surface area contributed by atoms with Gasteiger partial charge in [-0.2, -0.15) is 10.5 Å². The number of halogens is 3. The van der Waals surface area contributed by atoms with Gasteiger partial charge >= 0.3 is 0 Å².